The Labute approximate surface area is 129 Å². The normalized spacial score (nSPS) is 14.8. The van der Waals surface area contributed by atoms with Crippen LogP contribution in [0.1, 0.15) is 24.8 Å². The second-order valence-electron chi connectivity index (χ2n) is 4.87. The Morgan fingerprint density at radius 1 is 1.36 bits per heavy atom. The zero-order valence-corrected chi connectivity index (χ0v) is 12.6. The van der Waals surface area contributed by atoms with Crippen molar-refractivity contribution in [3.8, 4) is 0 Å². The molecule has 0 fully saturated rings. The Morgan fingerprint density at radius 3 is 2.64 bits per heavy atom. The average Bonchev–Trinajstić information content (AvgIpc) is 2.88. The lowest BCUT2D eigenvalue weighted by Gasteiger charge is -2.27. The SMILES string of the molecule is CCCNC(=O)C[C@@](O)(c1nc2ccccc2s1)C(F)(F)F. The van der Waals surface area contributed by atoms with Crippen molar-refractivity contribution in [1.29, 1.82) is 0 Å². The van der Waals surface area contributed by atoms with Crippen LogP contribution in [-0.2, 0) is 10.4 Å². The zero-order chi connectivity index (χ0) is 16.4. The summed E-state index contributed by atoms with van der Waals surface area (Å²) in [4.78, 5) is 15.5. The van der Waals surface area contributed by atoms with E-state index in [0.717, 1.165) is 11.3 Å². The Balaban J connectivity index is 2.38. The summed E-state index contributed by atoms with van der Waals surface area (Å²) in [5.41, 5.74) is -2.92. The summed E-state index contributed by atoms with van der Waals surface area (Å²) in [6.45, 7) is 2.04. The monoisotopic (exact) mass is 332 g/mol. The lowest BCUT2D eigenvalue weighted by Crippen LogP contribution is -2.46. The van der Waals surface area contributed by atoms with E-state index in [1.165, 1.54) is 0 Å². The van der Waals surface area contributed by atoms with Gasteiger partial charge in [0, 0.05) is 6.54 Å². The summed E-state index contributed by atoms with van der Waals surface area (Å²) < 4.78 is 40.5. The molecule has 0 radical (unpaired) electrons. The summed E-state index contributed by atoms with van der Waals surface area (Å²) in [6.07, 6.45) is -5.50. The fourth-order valence-corrected chi connectivity index (χ4v) is 2.98. The molecule has 8 heteroatoms. The van der Waals surface area contributed by atoms with E-state index in [-0.39, 0.29) is 6.54 Å². The number of aliphatic hydroxyl groups is 1. The van der Waals surface area contributed by atoms with Gasteiger partial charge in [-0.2, -0.15) is 13.2 Å². The number of para-hydroxylation sites is 1. The fraction of sp³-hybridized carbons (Fsp3) is 0.429. The Bertz CT molecular complexity index is 638. The minimum absolute atomic E-state index is 0.257. The maximum atomic E-state index is 13.3. The summed E-state index contributed by atoms with van der Waals surface area (Å²) in [5.74, 6) is -0.860. The molecule has 0 bridgehead atoms. The number of hydrogen-bond donors (Lipinski definition) is 2. The molecule has 0 saturated carbocycles. The zero-order valence-electron chi connectivity index (χ0n) is 11.8. The van der Waals surface area contributed by atoms with Gasteiger partial charge >= 0.3 is 6.18 Å². The second kappa shape index (κ2) is 6.21. The van der Waals surface area contributed by atoms with Gasteiger partial charge in [0.05, 0.1) is 16.6 Å². The largest absolute Gasteiger partial charge is 0.424 e. The number of carbonyl (C=O) groups is 1. The predicted molar refractivity (Wildman–Crippen MR) is 77.5 cm³/mol. The molecule has 1 aromatic carbocycles. The molecule has 2 aromatic rings. The van der Waals surface area contributed by atoms with Crippen LogP contribution in [-0.4, -0.2) is 28.7 Å². The first kappa shape index (κ1) is 16.7. The van der Waals surface area contributed by atoms with Crippen LogP contribution < -0.4 is 5.32 Å². The van der Waals surface area contributed by atoms with E-state index in [9.17, 15) is 23.1 Å². The first-order valence-corrected chi connectivity index (χ1v) is 7.51. The number of halogens is 3. The number of thiazole rings is 1. The lowest BCUT2D eigenvalue weighted by atomic mass is 9.99. The van der Waals surface area contributed by atoms with Crippen molar-refractivity contribution >= 4 is 27.5 Å². The van der Waals surface area contributed by atoms with Gasteiger partial charge in [0.1, 0.15) is 5.01 Å². The molecular formula is C14H15F3N2O2S. The number of fused-ring (bicyclic) bond motifs is 1. The molecule has 0 aliphatic rings. The number of nitrogens with zero attached hydrogens (tertiary/aromatic N) is 1. The van der Waals surface area contributed by atoms with Crippen LogP contribution in [0, 0.1) is 0 Å². The minimum atomic E-state index is -5.00. The Morgan fingerprint density at radius 2 is 2.05 bits per heavy atom. The third kappa shape index (κ3) is 3.22. The number of alkyl halides is 3. The van der Waals surface area contributed by atoms with Gasteiger partial charge in [0.15, 0.2) is 0 Å². The number of hydrogen-bond acceptors (Lipinski definition) is 4. The number of nitrogens with one attached hydrogen (secondary N) is 1. The van der Waals surface area contributed by atoms with Crippen molar-refractivity contribution in [3.63, 3.8) is 0 Å². The molecule has 2 rings (SSSR count). The second-order valence-corrected chi connectivity index (χ2v) is 5.90. The first-order chi connectivity index (χ1) is 10.3. The van der Waals surface area contributed by atoms with Gasteiger partial charge in [0.25, 0.3) is 0 Å². The van der Waals surface area contributed by atoms with Crippen LogP contribution in [0.5, 0.6) is 0 Å². The Kier molecular flexibility index (Phi) is 4.72. The third-order valence-electron chi connectivity index (χ3n) is 3.11. The molecular weight excluding hydrogens is 317 g/mol. The molecule has 0 saturated heterocycles. The van der Waals surface area contributed by atoms with Crippen LogP contribution in [0.4, 0.5) is 13.2 Å². The van der Waals surface area contributed by atoms with Gasteiger partial charge in [0.2, 0.25) is 11.5 Å². The molecule has 1 heterocycles. The van der Waals surface area contributed by atoms with Crippen LogP contribution in [0.25, 0.3) is 10.2 Å². The quantitative estimate of drug-likeness (QED) is 0.885. The van der Waals surface area contributed by atoms with E-state index in [1.54, 1.807) is 31.2 Å². The minimum Gasteiger partial charge on any atom is -0.374 e. The molecule has 22 heavy (non-hydrogen) atoms. The molecule has 2 N–H and O–H groups in total. The topological polar surface area (TPSA) is 62.2 Å². The summed E-state index contributed by atoms with van der Waals surface area (Å²) in [6, 6.07) is 6.49. The van der Waals surface area contributed by atoms with Crippen LogP contribution in [0.3, 0.4) is 0 Å². The standard InChI is InChI=1S/C14H15F3N2O2S/c1-2-7-18-11(20)8-13(21,14(15,16)17)12-19-9-5-3-4-6-10(9)22-12/h3-6,21H,2,7-8H2,1H3,(H,18,20)/t13-/m1/s1. The molecule has 0 spiro atoms. The number of carbonyl (C=O) groups excluding carboxylic acids is 1. The maximum Gasteiger partial charge on any atom is 0.424 e. The smallest absolute Gasteiger partial charge is 0.374 e. The highest BCUT2D eigenvalue weighted by Gasteiger charge is 2.58. The van der Waals surface area contributed by atoms with Crippen LogP contribution in [0.2, 0.25) is 0 Å². The summed E-state index contributed by atoms with van der Waals surface area (Å²) in [5, 5.41) is 12.0. The van der Waals surface area contributed by atoms with Crippen LogP contribution >= 0.6 is 11.3 Å². The number of rotatable bonds is 5. The van der Waals surface area contributed by atoms with Crippen molar-refractivity contribution < 1.29 is 23.1 Å². The van der Waals surface area contributed by atoms with E-state index in [1.807, 2.05) is 0 Å². The molecule has 1 atom stereocenters. The Hall–Kier alpha value is -1.67. The molecule has 0 aliphatic carbocycles. The number of amides is 1. The van der Waals surface area contributed by atoms with Gasteiger partial charge in [-0.05, 0) is 18.6 Å². The van der Waals surface area contributed by atoms with Gasteiger partial charge in [-0.3, -0.25) is 4.79 Å². The van der Waals surface area contributed by atoms with E-state index in [0.29, 0.717) is 16.6 Å². The summed E-state index contributed by atoms with van der Waals surface area (Å²) in [7, 11) is 0. The van der Waals surface area contributed by atoms with E-state index >= 15 is 0 Å². The van der Waals surface area contributed by atoms with Crippen LogP contribution in [0.15, 0.2) is 24.3 Å². The third-order valence-corrected chi connectivity index (χ3v) is 4.29. The van der Waals surface area contributed by atoms with Gasteiger partial charge in [-0.1, -0.05) is 19.1 Å². The van der Waals surface area contributed by atoms with Crippen molar-refractivity contribution in [1.82, 2.24) is 10.3 Å². The molecule has 0 unspecified atom stereocenters. The number of aromatic nitrogens is 1. The highest BCUT2D eigenvalue weighted by Crippen LogP contribution is 2.44. The fourth-order valence-electron chi connectivity index (χ4n) is 1.91. The molecule has 1 amide bonds. The van der Waals surface area contributed by atoms with Crippen molar-refractivity contribution in [3.05, 3.63) is 29.3 Å². The van der Waals surface area contributed by atoms with Crippen molar-refractivity contribution in [2.75, 3.05) is 6.54 Å². The molecule has 0 aliphatic heterocycles. The van der Waals surface area contributed by atoms with E-state index in [2.05, 4.69) is 10.3 Å². The predicted octanol–water partition coefficient (Wildman–Crippen LogP) is 2.96. The highest BCUT2D eigenvalue weighted by atomic mass is 32.1. The van der Waals surface area contributed by atoms with Gasteiger partial charge in [-0.25, -0.2) is 4.98 Å². The number of benzene rings is 1. The molecule has 1 aromatic heterocycles. The molecule has 4 nitrogen and oxygen atoms in total. The van der Waals surface area contributed by atoms with Gasteiger partial charge < -0.3 is 10.4 Å². The lowest BCUT2D eigenvalue weighted by molar-refractivity contribution is -0.267. The molecule has 120 valence electrons. The summed E-state index contributed by atoms with van der Waals surface area (Å²) >= 11 is 0.736. The maximum absolute atomic E-state index is 13.3. The van der Waals surface area contributed by atoms with Crippen molar-refractivity contribution in [2.24, 2.45) is 0 Å². The average molecular weight is 332 g/mol. The first-order valence-electron chi connectivity index (χ1n) is 6.70. The van der Waals surface area contributed by atoms with E-state index < -0.39 is 29.1 Å². The van der Waals surface area contributed by atoms with Gasteiger partial charge in [-0.15, -0.1) is 11.3 Å². The van der Waals surface area contributed by atoms with Crippen molar-refractivity contribution in [2.45, 2.75) is 31.5 Å². The highest BCUT2D eigenvalue weighted by molar-refractivity contribution is 7.18. The van der Waals surface area contributed by atoms with E-state index in [4.69, 9.17) is 0 Å².